The normalized spacial score (nSPS) is 14.4. The van der Waals surface area contributed by atoms with E-state index in [9.17, 15) is 4.79 Å². The minimum absolute atomic E-state index is 0.0577. The highest BCUT2D eigenvalue weighted by Crippen LogP contribution is 2.09. The van der Waals surface area contributed by atoms with Crippen molar-refractivity contribution in [2.45, 2.75) is 40.2 Å². The minimum Gasteiger partial charge on any atom is -0.354 e. The number of hydrogen-bond acceptors (Lipinski definition) is 2. The molecule has 0 aromatic rings. The lowest BCUT2D eigenvalue weighted by Crippen LogP contribution is -2.46. The van der Waals surface area contributed by atoms with Crippen LogP contribution >= 0.6 is 0 Å². The van der Waals surface area contributed by atoms with Crippen molar-refractivity contribution in [3.05, 3.63) is 0 Å². The number of nitrogens with two attached hydrogens (primary N) is 1. The summed E-state index contributed by atoms with van der Waals surface area (Å²) in [6.07, 6.45) is 0. The third kappa shape index (κ3) is 5.64. The lowest BCUT2D eigenvalue weighted by Gasteiger charge is -2.21. The van der Waals surface area contributed by atoms with E-state index in [1.165, 1.54) is 0 Å². The highest BCUT2D eigenvalue weighted by atomic mass is 16.1. The summed E-state index contributed by atoms with van der Waals surface area (Å²) in [4.78, 5) is 11.5. The Labute approximate surface area is 81.1 Å². The zero-order valence-corrected chi connectivity index (χ0v) is 9.35. The van der Waals surface area contributed by atoms with Crippen LogP contribution in [0.2, 0.25) is 0 Å². The van der Waals surface area contributed by atoms with Gasteiger partial charge in [0.15, 0.2) is 0 Å². The van der Waals surface area contributed by atoms with Gasteiger partial charge in [-0.25, -0.2) is 0 Å². The first-order valence-corrected chi connectivity index (χ1v) is 4.80. The first-order valence-electron chi connectivity index (χ1n) is 4.80. The van der Waals surface area contributed by atoms with E-state index in [2.05, 4.69) is 5.32 Å². The second kappa shape index (κ2) is 4.61. The highest BCUT2D eigenvalue weighted by molar-refractivity contribution is 5.78. The molecule has 13 heavy (non-hydrogen) atoms. The van der Waals surface area contributed by atoms with Crippen LogP contribution in [0.4, 0.5) is 0 Å². The van der Waals surface area contributed by atoms with Crippen molar-refractivity contribution in [2.75, 3.05) is 6.54 Å². The Morgan fingerprint density at radius 2 is 1.85 bits per heavy atom. The maximum atomic E-state index is 11.5. The molecule has 0 radical (unpaired) electrons. The molecule has 0 heterocycles. The van der Waals surface area contributed by atoms with Crippen molar-refractivity contribution in [1.29, 1.82) is 0 Å². The molecule has 3 heteroatoms. The van der Waals surface area contributed by atoms with E-state index in [1.807, 2.05) is 34.6 Å². The SMILES string of the molecule is CC(C)C(C)C(=O)NCC(C)(C)N. The van der Waals surface area contributed by atoms with Crippen LogP contribution in [-0.2, 0) is 4.79 Å². The van der Waals surface area contributed by atoms with Crippen molar-refractivity contribution < 1.29 is 4.79 Å². The Kier molecular flexibility index (Phi) is 4.40. The summed E-state index contributed by atoms with van der Waals surface area (Å²) in [5.41, 5.74) is 5.42. The smallest absolute Gasteiger partial charge is 0.223 e. The zero-order valence-electron chi connectivity index (χ0n) is 9.35. The molecular weight excluding hydrogens is 164 g/mol. The standard InChI is InChI=1S/C10H22N2O/c1-7(2)8(3)9(13)12-6-10(4,5)11/h7-8H,6,11H2,1-5H3,(H,12,13). The molecule has 1 atom stereocenters. The molecule has 0 saturated heterocycles. The van der Waals surface area contributed by atoms with Gasteiger partial charge in [0.1, 0.15) is 0 Å². The molecule has 0 aliphatic rings. The van der Waals surface area contributed by atoms with Gasteiger partial charge in [-0.2, -0.15) is 0 Å². The second-order valence-electron chi connectivity index (χ2n) is 4.74. The average molecular weight is 186 g/mol. The molecule has 0 rings (SSSR count). The van der Waals surface area contributed by atoms with Gasteiger partial charge in [-0.15, -0.1) is 0 Å². The number of carbonyl (C=O) groups is 1. The van der Waals surface area contributed by atoms with E-state index in [0.717, 1.165) is 0 Å². The van der Waals surface area contributed by atoms with Gasteiger partial charge in [0, 0.05) is 18.0 Å². The van der Waals surface area contributed by atoms with Crippen molar-refractivity contribution in [3.63, 3.8) is 0 Å². The molecule has 3 N–H and O–H groups in total. The van der Waals surface area contributed by atoms with Crippen molar-refractivity contribution >= 4 is 5.91 Å². The topological polar surface area (TPSA) is 55.1 Å². The quantitative estimate of drug-likeness (QED) is 0.691. The third-order valence-corrected chi connectivity index (χ3v) is 2.13. The summed E-state index contributed by atoms with van der Waals surface area (Å²) in [6.45, 7) is 10.3. The fourth-order valence-corrected chi connectivity index (χ4v) is 0.779. The van der Waals surface area contributed by atoms with Gasteiger partial charge >= 0.3 is 0 Å². The van der Waals surface area contributed by atoms with E-state index in [4.69, 9.17) is 5.73 Å². The van der Waals surface area contributed by atoms with Gasteiger partial charge in [-0.05, 0) is 19.8 Å². The molecule has 0 aliphatic heterocycles. The van der Waals surface area contributed by atoms with Gasteiger partial charge in [-0.3, -0.25) is 4.79 Å². The van der Waals surface area contributed by atoms with Crippen LogP contribution in [0.1, 0.15) is 34.6 Å². The zero-order chi connectivity index (χ0) is 10.6. The van der Waals surface area contributed by atoms with Gasteiger partial charge in [-0.1, -0.05) is 20.8 Å². The molecule has 78 valence electrons. The predicted molar refractivity (Wildman–Crippen MR) is 55.3 cm³/mol. The lowest BCUT2D eigenvalue weighted by molar-refractivity contribution is -0.125. The molecule has 1 amide bonds. The van der Waals surface area contributed by atoms with Crippen LogP contribution in [0, 0.1) is 11.8 Å². The van der Waals surface area contributed by atoms with Gasteiger partial charge in [0.2, 0.25) is 5.91 Å². The van der Waals surface area contributed by atoms with Crippen LogP contribution in [0.3, 0.4) is 0 Å². The summed E-state index contributed by atoms with van der Waals surface area (Å²) in [7, 11) is 0. The minimum atomic E-state index is -0.327. The maximum Gasteiger partial charge on any atom is 0.223 e. The second-order valence-corrected chi connectivity index (χ2v) is 4.74. The average Bonchev–Trinajstić information content (AvgIpc) is 1.97. The van der Waals surface area contributed by atoms with Gasteiger partial charge in [0.25, 0.3) is 0 Å². The van der Waals surface area contributed by atoms with Crippen LogP contribution in [0.5, 0.6) is 0 Å². The summed E-state index contributed by atoms with van der Waals surface area (Å²) < 4.78 is 0. The molecule has 0 bridgehead atoms. The number of nitrogens with one attached hydrogen (secondary N) is 1. The predicted octanol–water partition coefficient (Wildman–Crippen LogP) is 1.13. The molecule has 0 fully saturated rings. The Bertz CT molecular complexity index is 170. The highest BCUT2D eigenvalue weighted by Gasteiger charge is 2.18. The van der Waals surface area contributed by atoms with Gasteiger partial charge < -0.3 is 11.1 Å². The van der Waals surface area contributed by atoms with Crippen molar-refractivity contribution in [2.24, 2.45) is 17.6 Å². The van der Waals surface area contributed by atoms with E-state index >= 15 is 0 Å². The molecule has 1 unspecified atom stereocenters. The van der Waals surface area contributed by atoms with Crippen LogP contribution in [0.15, 0.2) is 0 Å². The first-order chi connectivity index (χ1) is 5.74. The first kappa shape index (κ1) is 12.4. The van der Waals surface area contributed by atoms with Gasteiger partial charge in [0.05, 0.1) is 0 Å². The fraction of sp³-hybridized carbons (Fsp3) is 0.900. The molecular formula is C10H22N2O. The summed E-state index contributed by atoms with van der Waals surface area (Å²) in [6, 6.07) is 0. The molecule has 0 saturated carbocycles. The monoisotopic (exact) mass is 186 g/mol. The van der Waals surface area contributed by atoms with Crippen LogP contribution < -0.4 is 11.1 Å². The van der Waals surface area contributed by atoms with E-state index in [-0.39, 0.29) is 17.4 Å². The molecule has 0 spiro atoms. The van der Waals surface area contributed by atoms with Crippen LogP contribution in [-0.4, -0.2) is 18.0 Å². The Balaban J connectivity index is 3.89. The number of rotatable bonds is 4. The van der Waals surface area contributed by atoms with Crippen molar-refractivity contribution in [1.82, 2.24) is 5.32 Å². The largest absolute Gasteiger partial charge is 0.354 e. The summed E-state index contributed by atoms with van der Waals surface area (Å²) in [5.74, 6) is 0.525. The molecule has 3 nitrogen and oxygen atoms in total. The Morgan fingerprint density at radius 1 is 1.38 bits per heavy atom. The Morgan fingerprint density at radius 3 is 2.15 bits per heavy atom. The Hall–Kier alpha value is -0.570. The fourth-order valence-electron chi connectivity index (χ4n) is 0.779. The molecule has 0 aromatic carbocycles. The number of hydrogen-bond donors (Lipinski definition) is 2. The molecule has 0 aliphatic carbocycles. The third-order valence-electron chi connectivity index (χ3n) is 2.13. The lowest BCUT2D eigenvalue weighted by atomic mass is 9.97. The van der Waals surface area contributed by atoms with Crippen molar-refractivity contribution in [3.8, 4) is 0 Å². The summed E-state index contributed by atoms with van der Waals surface area (Å²) in [5, 5.41) is 2.84. The van der Waals surface area contributed by atoms with E-state index in [0.29, 0.717) is 12.5 Å². The van der Waals surface area contributed by atoms with E-state index < -0.39 is 0 Å². The number of carbonyl (C=O) groups excluding carboxylic acids is 1. The van der Waals surface area contributed by atoms with E-state index in [1.54, 1.807) is 0 Å². The van der Waals surface area contributed by atoms with Crippen LogP contribution in [0.25, 0.3) is 0 Å². The maximum absolute atomic E-state index is 11.5. The molecule has 0 aromatic heterocycles. The number of amides is 1. The summed E-state index contributed by atoms with van der Waals surface area (Å²) >= 11 is 0.